The average molecular weight is 442 g/mol. The Bertz CT molecular complexity index is 1050. The number of methoxy groups -OCH3 is 1. The van der Waals surface area contributed by atoms with E-state index in [0.717, 1.165) is 17.8 Å². The highest BCUT2D eigenvalue weighted by molar-refractivity contribution is 6.32. The number of nitrogens with zero attached hydrogens (tertiary/aromatic N) is 2. The molecule has 6 nitrogen and oxygen atoms in total. The van der Waals surface area contributed by atoms with Crippen molar-refractivity contribution < 1.29 is 14.3 Å². The number of rotatable bonds is 9. The first-order valence-corrected chi connectivity index (χ1v) is 10.7. The van der Waals surface area contributed by atoms with Crippen LogP contribution >= 0.6 is 11.6 Å². The van der Waals surface area contributed by atoms with Gasteiger partial charge in [0.2, 0.25) is 0 Å². The van der Waals surface area contributed by atoms with Crippen LogP contribution in [-0.4, -0.2) is 29.2 Å². The summed E-state index contributed by atoms with van der Waals surface area (Å²) in [6.45, 7) is 7.44. The first-order valence-electron chi connectivity index (χ1n) is 10.3. The number of ether oxygens (including phenoxy) is 2. The van der Waals surface area contributed by atoms with Crippen molar-refractivity contribution in [1.82, 2.24) is 9.55 Å². The Hall–Kier alpha value is -2.99. The molecule has 0 fully saturated rings. The van der Waals surface area contributed by atoms with Gasteiger partial charge in [-0.3, -0.25) is 4.79 Å². The van der Waals surface area contributed by atoms with Crippen LogP contribution in [0.5, 0.6) is 11.5 Å². The molecule has 164 valence electrons. The zero-order chi connectivity index (χ0) is 22.4. The number of aromatic nitrogens is 2. The molecule has 0 radical (unpaired) electrons. The number of imidazole rings is 1. The van der Waals surface area contributed by atoms with Crippen LogP contribution in [0.1, 0.15) is 54.9 Å². The monoisotopic (exact) mass is 441 g/mol. The molecular weight excluding hydrogens is 414 g/mol. The van der Waals surface area contributed by atoms with E-state index in [4.69, 9.17) is 21.1 Å². The van der Waals surface area contributed by atoms with Crippen molar-refractivity contribution in [2.24, 2.45) is 0 Å². The molecule has 2 aromatic carbocycles. The first kappa shape index (κ1) is 22.7. The van der Waals surface area contributed by atoms with E-state index >= 15 is 0 Å². The van der Waals surface area contributed by atoms with E-state index in [-0.39, 0.29) is 5.91 Å². The number of carbonyl (C=O) groups is 1. The van der Waals surface area contributed by atoms with E-state index in [1.165, 1.54) is 7.11 Å². The predicted octanol–water partition coefficient (Wildman–Crippen LogP) is 5.76. The average Bonchev–Trinajstić information content (AvgIpc) is 3.21. The SMILES string of the molecule is CCCOc1c(Cl)cc(C(=O)Nc2cccc(Cn3ccnc3C(C)C)c2)cc1OC. The molecule has 0 saturated carbocycles. The van der Waals surface area contributed by atoms with Crippen molar-refractivity contribution >= 4 is 23.2 Å². The van der Waals surface area contributed by atoms with Gasteiger partial charge < -0.3 is 19.4 Å². The van der Waals surface area contributed by atoms with Crippen LogP contribution in [-0.2, 0) is 6.54 Å². The summed E-state index contributed by atoms with van der Waals surface area (Å²) in [7, 11) is 1.52. The summed E-state index contributed by atoms with van der Waals surface area (Å²) in [5, 5.41) is 3.28. The normalized spacial score (nSPS) is 10.9. The summed E-state index contributed by atoms with van der Waals surface area (Å²) in [6.07, 6.45) is 4.62. The smallest absolute Gasteiger partial charge is 0.255 e. The van der Waals surface area contributed by atoms with Gasteiger partial charge in [-0.15, -0.1) is 0 Å². The number of carbonyl (C=O) groups excluding carboxylic acids is 1. The molecule has 0 aliphatic carbocycles. The van der Waals surface area contributed by atoms with Crippen molar-refractivity contribution in [2.45, 2.75) is 39.7 Å². The Labute approximate surface area is 188 Å². The van der Waals surface area contributed by atoms with Crippen LogP contribution in [0.2, 0.25) is 5.02 Å². The molecule has 3 rings (SSSR count). The van der Waals surface area contributed by atoms with Crippen LogP contribution in [0, 0.1) is 0 Å². The van der Waals surface area contributed by atoms with Crippen molar-refractivity contribution in [2.75, 3.05) is 19.0 Å². The Morgan fingerprint density at radius 3 is 2.77 bits per heavy atom. The summed E-state index contributed by atoms with van der Waals surface area (Å²) in [5.74, 6) is 1.97. The molecular formula is C24H28ClN3O3. The molecule has 31 heavy (non-hydrogen) atoms. The lowest BCUT2D eigenvalue weighted by Crippen LogP contribution is -2.13. The largest absolute Gasteiger partial charge is 0.493 e. The Morgan fingerprint density at radius 1 is 1.26 bits per heavy atom. The van der Waals surface area contributed by atoms with Gasteiger partial charge in [-0.25, -0.2) is 4.98 Å². The maximum Gasteiger partial charge on any atom is 0.255 e. The molecule has 1 heterocycles. The molecule has 3 aromatic rings. The highest BCUT2D eigenvalue weighted by Crippen LogP contribution is 2.36. The molecule has 7 heteroatoms. The molecule has 0 unspecified atom stereocenters. The zero-order valence-corrected chi connectivity index (χ0v) is 19.1. The van der Waals surface area contributed by atoms with E-state index in [0.29, 0.717) is 46.8 Å². The number of benzene rings is 2. The van der Waals surface area contributed by atoms with E-state index in [1.807, 2.05) is 43.6 Å². The highest BCUT2D eigenvalue weighted by Gasteiger charge is 2.16. The zero-order valence-electron chi connectivity index (χ0n) is 18.3. The quantitative estimate of drug-likeness (QED) is 0.458. The van der Waals surface area contributed by atoms with Gasteiger partial charge in [-0.05, 0) is 36.2 Å². The highest BCUT2D eigenvalue weighted by atomic mass is 35.5. The minimum Gasteiger partial charge on any atom is -0.493 e. The Balaban J connectivity index is 1.77. The minimum absolute atomic E-state index is 0.273. The van der Waals surface area contributed by atoms with Crippen LogP contribution in [0.4, 0.5) is 5.69 Å². The third-order valence-corrected chi connectivity index (χ3v) is 5.02. The van der Waals surface area contributed by atoms with Crippen LogP contribution < -0.4 is 14.8 Å². The third kappa shape index (κ3) is 5.58. The molecule has 0 bridgehead atoms. The fraction of sp³-hybridized carbons (Fsp3) is 0.333. The fourth-order valence-corrected chi connectivity index (χ4v) is 3.56. The van der Waals surface area contributed by atoms with Crippen molar-refractivity contribution in [3.8, 4) is 11.5 Å². The summed E-state index contributed by atoms with van der Waals surface area (Å²) in [4.78, 5) is 17.3. The van der Waals surface area contributed by atoms with Gasteiger partial charge in [0.15, 0.2) is 11.5 Å². The number of hydrogen-bond acceptors (Lipinski definition) is 4. The van der Waals surface area contributed by atoms with Gasteiger partial charge in [0.25, 0.3) is 5.91 Å². The maximum absolute atomic E-state index is 12.9. The van der Waals surface area contributed by atoms with E-state index in [1.54, 1.807) is 12.1 Å². The van der Waals surface area contributed by atoms with Gasteiger partial charge in [0.1, 0.15) is 5.82 Å². The summed E-state index contributed by atoms with van der Waals surface area (Å²) in [6, 6.07) is 11.0. The molecule has 0 aliphatic heterocycles. The Morgan fingerprint density at radius 2 is 2.06 bits per heavy atom. The van der Waals surface area contributed by atoms with Gasteiger partial charge in [-0.1, -0.05) is 44.5 Å². The van der Waals surface area contributed by atoms with Crippen molar-refractivity contribution in [3.05, 3.63) is 70.8 Å². The minimum atomic E-state index is -0.273. The van der Waals surface area contributed by atoms with Crippen LogP contribution in [0.25, 0.3) is 0 Å². The number of nitrogens with one attached hydrogen (secondary N) is 1. The molecule has 1 amide bonds. The van der Waals surface area contributed by atoms with Gasteiger partial charge in [0, 0.05) is 36.1 Å². The lowest BCUT2D eigenvalue weighted by molar-refractivity contribution is 0.102. The van der Waals surface area contributed by atoms with Gasteiger partial charge in [-0.2, -0.15) is 0 Å². The maximum atomic E-state index is 12.9. The number of amides is 1. The van der Waals surface area contributed by atoms with E-state index in [9.17, 15) is 4.79 Å². The lowest BCUT2D eigenvalue weighted by atomic mass is 10.1. The van der Waals surface area contributed by atoms with Crippen LogP contribution in [0.3, 0.4) is 0 Å². The van der Waals surface area contributed by atoms with Crippen molar-refractivity contribution in [1.29, 1.82) is 0 Å². The molecule has 0 spiro atoms. The molecule has 1 N–H and O–H groups in total. The second-order valence-electron chi connectivity index (χ2n) is 7.56. The number of halogens is 1. The molecule has 0 atom stereocenters. The first-order chi connectivity index (χ1) is 14.9. The summed E-state index contributed by atoms with van der Waals surface area (Å²) >= 11 is 6.35. The summed E-state index contributed by atoms with van der Waals surface area (Å²) < 4.78 is 13.1. The van der Waals surface area contributed by atoms with E-state index in [2.05, 4.69) is 28.7 Å². The molecule has 1 aromatic heterocycles. The topological polar surface area (TPSA) is 65.4 Å². The third-order valence-electron chi connectivity index (χ3n) is 4.74. The van der Waals surface area contributed by atoms with Gasteiger partial charge in [0.05, 0.1) is 18.7 Å². The van der Waals surface area contributed by atoms with E-state index < -0.39 is 0 Å². The number of hydrogen-bond donors (Lipinski definition) is 1. The lowest BCUT2D eigenvalue weighted by Gasteiger charge is -2.14. The summed E-state index contributed by atoms with van der Waals surface area (Å²) in [5.41, 5.74) is 2.17. The van der Waals surface area contributed by atoms with Crippen LogP contribution in [0.15, 0.2) is 48.8 Å². The predicted molar refractivity (Wildman–Crippen MR) is 124 cm³/mol. The fourth-order valence-electron chi connectivity index (χ4n) is 3.30. The second-order valence-corrected chi connectivity index (χ2v) is 7.97. The number of anilines is 1. The molecule has 0 aliphatic rings. The Kier molecular flexibility index (Phi) is 7.58. The second kappa shape index (κ2) is 10.4. The standard InChI is InChI=1S/C24H28ClN3O3/c1-5-11-31-22-20(25)13-18(14-21(22)30-4)24(29)27-19-8-6-7-17(12-19)15-28-10-9-26-23(28)16(2)3/h6-10,12-14,16H,5,11,15H2,1-4H3,(H,27,29). The molecule has 0 saturated heterocycles. The van der Waals surface area contributed by atoms with Crippen molar-refractivity contribution in [3.63, 3.8) is 0 Å². The van der Waals surface area contributed by atoms with Gasteiger partial charge >= 0.3 is 0 Å².